The van der Waals surface area contributed by atoms with E-state index in [1.807, 2.05) is 31.0 Å². The van der Waals surface area contributed by atoms with Crippen LogP contribution < -0.4 is 10.1 Å². The Bertz CT molecular complexity index is 1080. The molecule has 1 aromatic carbocycles. The molecule has 0 saturated carbocycles. The van der Waals surface area contributed by atoms with Crippen LogP contribution >= 0.6 is 0 Å². The number of rotatable bonds is 11. The summed E-state index contributed by atoms with van der Waals surface area (Å²) in [7, 11) is 3.52. The second kappa shape index (κ2) is 12.2. The molecule has 202 valence electrons. The lowest BCUT2D eigenvalue weighted by molar-refractivity contribution is -0.143. The van der Waals surface area contributed by atoms with Gasteiger partial charge in [0, 0.05) is 36.9 Å². The van der Waals surface area contributed by atoms with E-state index in [4.69, 9.17) is 4.74 Å². The van der Waals surface area contributed by atoms with Crippen molar-refractivity contribution < 1.29 is 19.0 Å². The van der Waals surface area contributed by atoms with Gasteiger partial charge in [0.05, 0.1) is 7.11 Å². The number of anilines is 1. The Hall–Kier alpha value is -2.71. The first-order chi connectivity index (χ1) is 17.8. The van der Waals surface area contributed by atoms with Crippen molar-refractivity contribution in [1.82, 2.24) is 14.8 Å². The van der Waals surface area contributed by atoms with E-state index in [0.717, 1.165) is 56.5 Å². The van der Waals surface area contributed by atoms with Gasteiger partial charge in [-0.3, -0.25) is 9.69 Å². The molecule has 3 heterocycles. The number of aliphatic carboxylic acids is 1. The van der Waals surface area contributed by atoms with Gasteiger partial charge in [0.1, 0.15) is 11.9 Å². The lowest BCUT2D eigenvalue weighted by atomic mass is 9.95. The number of halogens is 1. The molecule has 2 aromatic rings. The maximum Gasteiger partial charge on any atom is 0.325 e. The predicted molar refractivity (Wildman–Crippen MR) is 144 cm³/mol. The summed E-state index contributed by atoms with van der Waals surface area (Å²) in [5, 5.41) is 13.8. The molecule has 4 rings (SSSR count). The minimum atomic E-state index is -0.974. The molecule has 0 unspecified atom stereocenters. The number of ether oxygens (including phenoxy) is 1. The van der Waals surface area contributed by atoms with Crippen LogP contribution in [0.5, 0.6) is 5.75 Å². The van der Waals surface area contributed by atoms with Gasteiger partial charge in [-0.05, 0) is 80.9 Å². The number of hydrogen-bond donors (Lipinski definition) is 2. The van der Waals surface area contributed by atoms with E-state index in [9.17, 15) is 14.3 Å². The third-order valence-corrected chi connectivity index (χ3v) is 7.98. The van der Waals surface area contributed by atoms with E-state index >= 15 is 0 Å². The van der Waals surface area contributed by atoms with Crippen molar-refractivity contribution in [2.24, 2.45) is 0 Å². The highest BCUT2D eigenvalue weighted by Gasteiger charge is 2.37. The quantitative estimate of drug-likeness (QED) is 0.407. The molecule has 0 amide bonds. The van der Waals surface area contributed by atoms with Crippen LogP contribution in [-0.2, 0) is 11.2 Å². The van der Waals surface area contributed by atoms with Crippen LogP contribution in [0.4, 0.5) is 10.2 Å². The summed E-state index contributed by atoms with van der Waals surface area (Å²) in [6.45, 7) is 6.21. The molecule has 7 nitrogen and oxygen atoms in total. The highest BCUT2D eigenvalue weighted by molar-refractivity contribution is 5.77. The first kappa shape index (κ1) is 27.3. The molecule has 37 heavy (non-hydrogen) atoms. The molecule has 0 bridgehead atoms. The molecule has 8 heteroatoms. The number of carbonyl (C=O) groups is 1. The summed E-state index contributed by atoms with van der Waals surface area (Å²) in [5.41, 5.74) is 2.48. The monoisotopic (exact) mass is 512 g/mol. The standard InChI is InChI=1S/C29H41FN4O3/c1-19(2)21-16-24(27(37-4)25(30)17-21)26(29(35)36)34-15-12-23(18-34)33(3)14-6-5-9-22-11-10-20-8-7-13-31-28(20)32-22/h7-8,13,16-17,19,22-23,26H,5-6,9-12,14-15,18H2,1-4H3,(H,31,32)(H,35,36)/t22-,23+,26+/m0/s1. The smallest absolute Gasteiger partial charge is 0.325 e. The highest BCUT2D eigenvalue weighted by atomic mass is 19.1. The van der Waals surface area contributed by atoms with Gasteiger partial charge in [-0.25, -0.2) is 9.37 Å². The molecular formula is C29H41FN4O3. The number of methoxy groups -OCH3 is 1. The molecule has 1 fully saturated rings. The topological polar surface area (TPSA) is 77.9 Å². The highest BCUT2D eigenvalue weighted by Crippen LogP contribution is 2.37. The fourth-order valence-electron chi connectivity index (χ4n) is 5.75. The first-order valence-corrected chi connectivity index (χ1v) is 13.5. The number of pyridine rings is 1. The number of likely N-dealkylation sites (N-methyl/N-ethyl adjacent to an activating group) is 1. The summed E-state index contributed by atoms with van der Waals surface area (Å²) < 4.78 is 20.1. The number of benzene rings is 1. The van der Waals surface area contributed by atoms with Gasteiger partial charge in [0.15, 0.2) is 11.6 Å². The van der Waals surface area contributed by atoms with E-state index in [-0.39, 0.29) is 17.7 Å². The maximum atomic E-state index is 14.8. The molecule has 1 saturated heterocycles. The van der Waals surface area contributed by atoms with Gasteiger partial charge in [0.25, 0.3) is 0 Å². The second-order valence-corrected chi connectivity index (χ2v) is 10.8. The summed E-state index contributed by atoms with van der Waals surface area (Å²) in [4.78, 5) is 21.2. The minimum absolute atomic E-state index is 0.0303. The summed E-state index contributed by atoms with van der Waals surface area (Å²) in [6, 6.07) is 7.21. The number of fused-ring (bicyclic) bond motifs is 1. The Labute approximate surface area is 220 Å². The maximum absolute atomic E-state index is 14.8. The molecule has 0 aliphatic carbocycles. The molecule has 3 atom stereocenters. The van der Waals surface area contributed by atoms with Crippen molar-refractivity contribution in [3.05, 3.63) is 53.0 Å². The van der Waals surface area contributed by atoms with Crippen molar-refractivity contribution in [3.63, 3.8) is 0 Å². The largest absolute Gasteiger partial charge is 0.493 e. The van der Waals surface area contributed by atoms with Gasteiger partial charge in [-0.2, -0.15) is 0 Å². The average molecular weight is 513 g/mol. The Morgan fingerprint density at radius 2 is 2.14 bits per heavy atom. The zero-order chi connectivity index (χ0) is 26.5. The molecule has 2 aliphatic heterocycles. The summed E-state index contributed by atoms with van der Waals surface area (Å²) >= 11 is 0. The molecule has 2 aliphatic rings. The van der Waals surface area contributed by atoms with Crippen molar-refractivity contribution in [3.8, 4) is 5.75 Å². The fraction of sp³-hybridized carbons (Fsp3) is 0.586. The summed E-state index contributed by atoms with van der Waals surface area (Å²) in [5.74, 6) is -0.332. The van der Waals surface area contributed by atoms with Crippen LogP contribution in [0.2, 0.25) is 0 Å². The van der Waals surface area contributed by atoms with Gasteiger partial charge in [-0.1, -0.05) is 26.3 Å². The van der Waals surface area contributed by atoms with Crippen LogP contribution in [-0.4, -0.2) is 71.7 Å². The number of unbranched alkanes of at least 4 members (excludes halogenated alkanes) is 1. The number of carboxylic acid groups (broad SMARTS) is 1. The van der Waals surface area contributed by atoms with Crippen molar-refractivity contribution in [1.29, 1.82) is 0 Å². The zero-order valence-electron chi connectivity index (χ0n) is 22.5. The Morgan fingerprint density at radius 3 is 2.86 bits per heavy atom. The fourth-order valence-corrected chi connectivity index (χ4v) is 5.75. The van der Waals surface area contributed by atoms with E-state index in [1.165, 1.54) is 18.7 Å². The normalized spacial score (nSPS) is 20.6. The Morgan fingerprint density at radius 1 is 1.32 bits per heavy atom. The second-order valence-electron chi connectivity index (χ2n) is 10.8. The number of hydrogen-bond acceptors (Lipinski definition) is 6. The van der Waals surface area contributed by atoms with E-state index in [0.29, 0.717) is 24.7 Å². The SMILES string of the molecule is COc1c(F)cc(C(C)C)cc1[C@H](C(=O)O)N1CC[C@@H](N(C)CCCC[C@H]2CCc3cccnc3N2)C1. The lowest BCUT2D eigenvalue weighted by Gasteiger charge is -2.29. The van der Waals surface area contributed by atoms with Crippen LogP contribution in [0.15, 0.2) is 30.5 Å². The third kappa shape index (κ3) is 6.41. The van der Waals surface area contributed by atoms with Gasteiger partial charge in [-0.15, -0.1) is 0 Å². The Kier molecular flexibility index (Phi) is 9.03. The average Bonchev–Trinajstić information content (AvgIpc) is 3.36. The van der Waals surface area contributed by atoms with Crippen LogP contribution in [0.25, 0.3) is 0 Å². The van der Waals surface area contributed by atoms with Crippen LogP contribution in [0, 0.1) is 5.82 Å². The number of nitrogens with one attached hydrogen (secondary N) is 1. The van der Waals surface area contributed by atoms with E-state index < -0.39 is 17.8 Å². The number of aromatic nitrogens is 1. The molecule has 2 N–H and O–H groups in total. The molecule has 0 spiro atoms. The van der Waals surface area contributed by atoms with Crippen molar-refractivity contribution in [2.75, 3.05) is 39.1 Å². The minimum Gasteiger partial charge on any atom is -0.493 e. The number of likely N-dealkylation sites (tertiary alicyclic amines) is 1. The van der Waals surface area contributed by atoms with Crippen molar-refractivity contribution in [2.45, 2.75) is 76.4 Å². The van der Waals surface area contributed by atoms with E-state index in [1.54, 1.807) is 6.07 Å². The van der Waals surface area contributed by atoms with Gasteiger partial charge >= 0.3 is 5.97 Å². The number of nitrogens with zero attached hydrogens (tertiary/aromatic N) is 3. The molecular weight excluding hydrogens is 471 g/mol. The Balaban J connectivity index is 1.31. The third-order valence-electron chi connectivity index (χ3n) is 7.98. The molecule has 1 aromatic heterocycles. The van der Waals surface area contributed by atoms with Crippen molar-refractivity contribution >= 4 is 11.8 Å². The zero-order valence-corrected chi connectivity index (χ0v) is 22.5. The van der Waals surface area contributed by atoms with Gasteiger partial charge in [0.2, 0.25) is 0 Å². The van der Waals surface area contributed by atoms with Crippen LogP contribution in [0.1, 0.15) is 74.6 Å². The molecule has 0 radical (unpaired) electrons. The number of aryl methyl sites for hydroxylation is 1. The number of carboxylic acids is 1. The van der Waals surface area contributed by atoms with Gasteiger partial charge < -0.3 is 20.1 Å². The summed E-state index contributed by atoms with van der Waals surface area (Å²) in [6.07, 6.45) is 8.31. The van der Waals surface area contributed by atoms with Crippen LogP contribution in [0.3, 0.4) is 0 Å². The van der Waals surface area contributed by atoms with E-state index in [2.05, 4.69) is 28.3 Å². The lowest BCUT2D eigenvalue weighted by Crippen LogP contribution is -2.38. The predicted octanol–water partition coefficient (Wildman–Crippen LogP) is 5.08. The first-order valence-electron chi connectivity index (χ1n) is 13.5.